The van der Waals surface area contributed by atoms with Crippen molar-refractivity contribution in [1.82, 2.24) is 9.80 Å². The molecular weight excluding hydrogens is 214 g/mol. The van der Waals surface area contributed by atoms with E-state index in [9.17, 15) is 5.11 Å². The highest BCUT2D eigenvalue weighted by Gasteiger charge is 2.17. The summed E-state index contributed by atoms with van der Waals surface area (Å²) in [7, 11) is 2.16. The Kier molecular flexibility index (Phi) is 6.41. The molecule has 1 aliphatic rings. The highest BCUT2D eigenvalue weighted by Crippen LogP contribution is 2.10. The van der Waals surface area contributed by atoms with Crippen molar-refractivity contribution in [1.29, 1.82) is 0 Å². The molecule has 0 aromatic rings. The van der Waals surface area contributed by atoms with E-state index in [1.165, 1.54) is 32.5 Å². The predicted molar refractivity (Wildman–Crippen MR) is 72.1 cm³/mol. The molecule has 1 atom stereocenters. The van der Waals surface area contributed by atoms with Gasteiger partial charge in [-0.1, -0.05) is 0 Å². The van der Waals surface area contributed by atoms with Crippen LogP contribution in [-0.4, -0.2) is 66.8 Å². The van der Waals surface area contributed by atoms with E-state index in [0.29, 0.717) is 6.54 Å². The summed E-state index contributed by atoms with van der Waals surface area (Å²) >= 11 is 0. The van der Waals surface area contributed by atoms with E-state index < -0.39 is 5.60 Å². The van der Waals surface area contributed by atoms with Crippen molar-refractivity contribution in [3.63, 3.8) is 0 Å². The normalized spacial score (nSPS) is 21.0. The molecule has 102 valence electrons. The number of rotatable bonds is 8. The van der Waals surface area contributed by atoms with Crippen molar-refractivity contribution in [3.05, 3.63) is 0 Å². The van der Waals surface area contributed by atoms with Crippen LogP contribution in [-0.2, 0) is 0 Å². The molecule has 1 saturated heterocycles. The largest absolute Gasteiger partial charge is 0.389 e. The van der Waals surface area contributed by atoms with Crippen LogP contribution >= 0.6 is 0 Å². The zero-order chi connectivity index (χ0) is 12.7. The molecular formula is C13H29N3O. The first-order chi connectivity index (χ1) is 8.03. The summed E-state index contributed by atoms with van der Waals surface area (Å²) in [5.41, 5.74) is 4.81. The van der Waals surface area contributed by atoms with Crippen LogP contribution < -0.4 is 5.73 Å². The van der Waals surface area contributed by atoms with E-state index in [2.05, 4.69) is 16.8 Å². The minimum Gasteiger partial charge on any atom is -0.389 e. The van der Waals surface area contributed by atoms with Gasteiger partial charge in [-0.05, 0) is 59.3 Å². The van der Waals surface area contributed by atoms with Gasteiger partial charge in [-0.25, -0.2) is 0 Å². The maximum atomic E-state index is 9.79. The maximum absolute atomic E-state index is 9.79. The van der Waals surface area contributed by atoms with Crippen LogP contribution in [0.25, 0.3) is 0 Å². The van der Waals surface area contributed by atoms with Gasteiger partial charge in [0.15, 0.2) is 0 Å². The molecule has 0 amide bonds. The smallest absolute Gasteiger partial charge is 0.0741 e. The van der Waals surface area contributed by atoms with Gasteiger partial charge in [0.2, 0.25) is 0 Å². The molecule has 4 heteroatoms. The first kappa shape index (κ1) is 14.9. The molecule has 1 unspecified atom stereocenters. The molecule has 1 rings (SSSR count). The second kappa shape index (κ2) is 7.31. The van der Waals surface area contributed by atoms with E-state index >= 15 is 0 Å². The van der Waals surface area contributed by atoms with E-state index in [0.717, 1.165) is 25.9 Å². The lowest BCUT2D eigenvalue weighted by Crippen LogP contribution is -2.36. The molecule has 0 aromatic carbocycles. The topological polar surface area (TPSA) is 52.7 Å². The highest BCUT2D eigenvalue weighted by atomic mass is 16.3. The number of nitrogens with two attached hydrogens (primary N) is 1. The lowest BCUT2D eigenvalue weighted by molar-refractivity contribution is 0.0550. The Bertz CT molecular complexity index is 203. The van der Waals surface area contributed by atoms with Crippen LogP contribution in [0.2, 0.25) is 0 Å². The van der Waals surface area contributed by atoms with Gasteiger partial charge in [0.05, 0.1) is 5.60 Å². The average Bonchev–Trinajstić information content (AvgIpc) is 2.79. The zero-order valence-electron chi connectivity index (χ0n) is 11.5. The number of aliphatic hydroxyl groups is 1. The maximum Gasteiger partial charge on any atom is 0.0741 e. The second-order valence-corrected chi connectivity index (χ2v) is 5.66. The van der Waals surface area contributed by atoms with Gasteiger partial charge in [0.1, 0.15) is 0 Å². The summed E-state index contributed by atoms with van der Waals surface area (Å²) in [6.45, 7) is 8.08. The SMILES string of the molecule is CN(CCCC(C)(O)CN)CCN1CCCC1. The van der Waals surface area contributed by atoms with E-state index in [1.807, 2.05) is 6.92 Å². The van der Waals surface area contributed by atoms with Crippen molar-refractivity contribution >= 4 is 0 Å². The third-order valence-electron chi connectivity index (χ3n) is 3.69. The van der Waals surface area contributed by atoms with Gasteiger partial charge in [0, 0.05) is 19.6 Å². The van der Waals surface area contributed by atoms with E-state index in [1.54, 1.807) is 0 Å². The van der Waals surface area contributed by atoms with Gasteiger partial charge in [-0.3, -0.25) is 0 Å². The van der Waals surface area contributed by atoms with Gasteiger partial charge in [-0.15, -0.1) is 0 Å². The van der Waals surface area contributed by atoms with Crippen LogP contribution in [0.3, 0.4) is 0 Å². The van der Waals surface area contributed by atoms with Crippen LogP contribution in [0.1, 0.15) is 32.6 Å². The summed E-state index contributed by atoms with van der Waals surface area (Å²) in [6, 6.07) is 0. The van der Waals surface area contributed by atoms with E-state index in [-0.39, 0.29) is 0 Å². The van der Waals surface area contributed by atoms with Crippen LogP contribution in [0.4, 0.5) is 0 Å². The standard InChI is InChI=1S/C13H29N3O/c1-13(17,12-14)6-5-7-15(2)10-11-16-8-3-4-9-16/h17H,3-12,14H2,1-2H3. The Hall–Kier alpha value is -0.160. The summed E-state index contributed by atoms with van der Waals surface area (Å²) in [5.74, 6) is 0. The van der Waals surface area contributed by atoms with Crippen LogP contribution in [0, 0.1) is 0 Å². The zero-order valence-corrected chi connectivity index (χ0v) is 11.5. The van der Waals surface area contributed by atoms with Crippen molar-refractivity contribution in [3.8, 4) is 0 Å². The molecule has 1 heterocycles. The Balaban J connectivity index is 2.02. The number of nitrogens with zero attached hydrogens (tertiary/aromatic N) is 2. The van der Waals surface area contributed by atoms with E-state index in [4.69, 9.17) is 5.73 Å². The predicted octanol–water partition coefficient (Wildman–Crippen LogP) is 0.504. The summed E-state index contributed by atoms with van der Waals surface area (Å²) in [5, 5.41) is 9.79. The number of likely N-dealkylation sites (N-methyl/N-ethyl adjacent to an activating group) is 1. The van der Waals surface area contributed by atoms with Crippen molar-refractivity contribution in [2.24, 2.45) is 5.73 Å². The van der Waals surface area contributed by atoms with Gasteiger partial charge < -0.3 is 20.6 Å². The molecule has 1 aliphatic heterocycles. The van der Waals surface area contributed by atoms with Crippen molar-refractivity contribution in [2.45, 2.75) is 38.2 Å². The minimum absolute atomic E-state index is 0.352. The molecule has 0 aromatic heterocycles. The van der Waals surface area contributed by atoms with Gasteiger partial charge in [0.25, 0.3) is 0 Å². The first-order valence-electron chi connectivity index (χ1n) is 6.87. The minimum atomic E-state index is -0.685. The fourth-order valence-electron chi connectivity index (χ4n) is 2.26. The molecule has 3 N–H and O–H groups in total. The second-order valence-electron chi connectivity index (χ2n) is 5.66. The fraction of sp³-hybridized carbons (Fsp3) is 1.00. The first-order valence-corrected chi connectivity index (χ1v) is 6.87. The third-order valence-corrected chi connectivity index (χ3v) is 3.69. The molecule has 4 nitrogen and oxygen atoms in total. The monoisotopic (exact) mass is 243 g/mol. The molecule has 17 heavy (non-hydrogen) atoms. The Morgan fingerprint density at radius 2 is 1.94 bits per heavy atom. The molecule has 0 radical (unpaired) electrons. The molecule has 0 spiro atoms. The average molecular weight is 243 g/mol. The number of hydrogen-bond acceptors (Lipinski definition) is 4. The summed E-state index contributed by atoms with van der Waals surface area (Å²) in [4.78, 5) is 4.89. The lowest BCUT2D eigenvalue weighted by atomic mass is 10.0. The quantitative estimate of drug-likeness (QED) is 0.652. The number of likely N-dealkylation sites (tertiary alicyclic amines) is 1. The third kappa shape index (κ3) is 6.36. The van der Waals surface area contributed by atoms with Crippen LogP contribution in [0.15, 0.2) is 0 Å². The van der Waals surface area contributed by atoms with Gasteiger partial charge >= 0.3 is 0 Å². The molecule has 0 bridgehead atoms. The Morgan fingerprint density at radius 3 is 2.53 bits per heavy atom. The molecule has 1 fully saturated rings. The Morgan fingerprint density at radius 1 is 1.29 bits per heavy atom. The van der Waals surface area contributed by atoms with Crippen LogP contribution in [0.5, 0.6) is 0 Å². The van der Waals surface area contributed by atoms with Crippen molar-refractivity contribution in [2.75, 3.05) is 46.3 Å². The lowest BCUT2D eigenvalue weighted by Gasteiger charge is -2.24. The van der Waals surface area contributed by atoms with Crippen molar-refractivity contribution < 1.29 is 5.11 Å². The number of hydrogen-bond donors (Lipinski definition) is 2. The summed E-state index contributed by atoms with van der Waals surface area (Å²) in [6.07, 6.45) is 4.53. The fourth-order valence-corrected chi connectivity index (χ4v) is 2.26. The summed E-state index contributed by atoms with van der Waals surface area (Å²) < 4.78 is 0. The van der Waals surface area contributed by atoms with Gasteiger partial charge in [-0.2, -0.15) is 0 Å². The Labute approximate surface area is 106 Å². The molecule has 0 saturated carbocycles. The highest BCUT2D eigenvalue weighted by molar-refractivity contribution is 4.74. The molecule has 0 aliphatic carbocycles.